The molecule has 5 heterocycles. The van der Waals surface area contributed by atoms with E-state index in [0.29, 0.717) is 24.5 Å². The maximum atomic E-state index is 13.6. The van der Waals surface area contributed by atoms with Gasteiger partial charge in [0, 0.05) is 43.8 Å². The fourth-order valence-electron chi connectivity index (χ4n) is 5.42. The van der Waals surface area contributed by atoms with E-state index in [4.69, 9.17) is 4.98 Å². The Bertz CT molecular complexity index is 1780. The third-order valence-electron chi connectivity index (χ3n) is 7.48. The molecule has 1 fully saturated rings. The van der Waals surface area contributed by atoms with Crippen LogP contribution < -0.4 is 15.9 Å². The predicted octanol–water partition coefficient (Wildman–Crippen LogP) is 3.14. The molecule has 3 N–H and O–H groups in total. The number of anilines is 2. The number of aryl methyl sites for hydroxylation is 2. The molecule has 0 spiro atoms. The number of nitrogens with zero attached hydrogens (tertiary/aromatic N) is 6. The van der Waals surface area contributed by atoms with Gasteiger partial charge in [0.1, 0.15) is 5.82 Å². The van der Waals surface area contributed by atoms with Crippen molar-refractivity contribution in [3.8, 4) is 16.8 Å². The second-order valence-electron chi connectivity index (χ2n) is 9.97. The van der Waals surface area contributed by atoms with Gasteiger partial charge in [-0.3, -0.25) is 19.1 Å². The third kappa shape index (κ3) is 4.21. The molecule has 1 aromatic carbocycles. The summed E-state index contributed by atoms with van der Waals surface area (Å²) in [5.74, 6) is 0.796. The van der Waals surface area contributed by atoms with Crippen molar-refractivity contribution in [2.24, 2.45) is 7.05 Å². The molecule has 0 radical (unpaired) electrons. The molecule has 1 saturated heterocycles. The van der Waals surface area contributed by atoms with Crippen LogP contribution in [0.1, 0.15) is 24.7 Å². The molecule has 0 bridgehead atoms. The van der Waals surface area contributed by atoms with E-state index in [1.54, 1.807) is 28.6 Å². The lowest BCUT2D eigenvalue weighted by molar-refractivity contribution is 0.198. The SMILES string of the molecule is CCNc1cc(-c2ccc3ncc4c(c3c2)n(-c2ccc(N3CC[C@H](O)C3)nc2C)c(=O)n4C)cnc1CO. The Labute approximate surface area is 225 Å². The Hall–Kier alpha value is -4.28. The minimum absolute atomic E-state index is 0.147. The minimum atomic E-state index is -0.343. The first kappa shape index (κ1) is 25.0. The molecule has 10 nitrogen and oxygen atoms in total. The van der Waals surface area contributed by atoms with Crippen LogP contribution in [-0.4, -0.2) is 60.0 Å². The van der Waals surface area contributed by atoms with Crippen LogP contribution >= 0.6 is 0 Å². The highest BCUT2D eigenvalue weighted by atomic mass is 16.3. The van der Waals surface area contributed by atoms with Gasteiger partial charge >= 0.3 is 5.69 Å². The monoisotopic (exact) mass is 525 g/mol. The van der Waals surface area contributed by atoms with Crippen molar-refractivity contribution in [3.05, 3.63) is 70.7 Å². The quantitative estimate of drug-likeness (QED) is 0.309. The summed E-state index contributed by atoms with van der Waals surface area (Å²) >= 11 is 0. The Kier molecular flexibility index (Phi) is 6.28. The van der Waals surface area contributed by atoms with Crippen molar-refractivity contribution >= 4 is 33.4 Å². The summed E-state index contributed by atoms with van der Waals surface area (Å²) in [5.41, 5.74) is 6.70. The van der Waals surface area contributed by atoms with Gasteiger partial charge in [-0.2, -0.15) is 0 Å². The van der Waals surface area contributed by atoms with Gasteiger partial charge < -0.3 is 20.4 Å². The highest BCUT2D eigenvalue weighted by molar-refractivity contribution is 6.04. The average Bonchev–Trinajstić information content (AvgIpc) is 3.49. The number of aromatic nitrogens is 5. The highest BCUT2D eigenvalue weighted by Gasteiger charge is 2.23. The molecule has 10 heteroatoms. The average molecular weight is 526 g/mol. The Morgan fingerprint density at radius 3 is 2.67 bits per heavy atom. The molecular weight excluding hydrogens is 494 g/mol. The van der Waals surface area contributed by atoms with Crippen LogP contribution in [0.2, 0.25) is 0 Å². The Morgan fingerprint density at radius 2 is 1.95 bits per heavy atom. The zero-order chi connectivity index (χ0) is 27.3. The lowest BCUT2D eigenvalue weighted by Crippen LogP contribution is -2.24. The van der Waals surface area contributed by atoms with Crippen molar-refractivity contribution in [3.63, 3.8) is 0 Å². The first-order valence-electron chi connectivity index (χ1n) is 13.1. The summed E-state index contributed by atoms with van der Waals surface area (Å²) in [6.45, 7) is 5.78. The fourth-order valence-corrected chi connectivity index (χ4v) is 5.42. The maximum Gasteiger partial charge on any atom is 0.333 e. The van der Waals surface area contributed by atoms with Crippen molar-refractivity contribution in [2.75, 3.05) is 29.9 Å². The summed E-state index contributed by atoms with van der Waals surface area (Å²) in [4.78, 5) is 29.6. The number of imidazole rings is 1. The van der Waals surface area contributed by atoms with Crippen molar-refractivity contribution in [2.45, 2.75) is 33.0 Å². The summed E-state index contributed by atoms with van der Waals surface area (Å²) in [5, 5.41) is 23.7. The number of nitrogens with one attached hydrogen (secondary N) is 1. The van der Waals surface area contributed by atoms with E-state index in [1.807, 2.05) is 50.2 Å². The van der Waals surface area contributed by atoms with E-state index in [2.05, 4.69) is 20.2 Å². The van der Waals surface area contributed by atoms with E-state index >= 15 is 0 Å². The Balaban J connectivity index is 1.53. The van der Waals surface area contributed by atoms with Crippen LogP contribution in [0.3, 0.4) is 0 Å². The summed E-state index contributed by atoms with van der Waals surface area (Å²) in [6.07, 6.45) is 3.87. The molecule has 0 saturated carbocycles. The molecule has 4 aromatic heterocycles. The van der Waals surface area contributed by atoms with E-state index in [1.165, 1.54) is 0 Å². The molecule has 5 aromatic rings. The summed E-state index contributed by atoms with van der Waals surface area (Å²) in [6, 6.07) is 11.8. The van der Waals surface area contributed by atoms with Gasteiger partial charge in [-0.05, 0) is 56.2 Å². The number of hydrogen-bond acceptors (Lipinski definition) is 8. The van der Waals surface area contributed by atoms with Gasteiger partial charge in [-0.25, -0.2) is 9.78 Å². The van der Waals surface area contributed by atoms with Crippen LogP contribution in [0, 0.1) is 6.92 Å². The largest absolute Gasteiger partial charge is 0.391 e. The van der Waals surface area contributed by atoms with Gasteiger partial charge in [0.2, 0.25) is 0 Å². The van der Waals surface area contributed by atoms with E-state index in [9.17, 15) is 15.0 Å². The molecule has 0 aliphatic carbocycles. The maximum absolute atomic E-state index is 13.6. The molecule has 1 aliphatic rings. The van der Waals surface area contributed by atoms with Gasteiger partial charge in [0.25, 0.3) is 0 Å². The molecule has 200 valence electrons. The number of benzene rings is 1. The highest BCUT2D eigenvalue weighted by Crippen LogP contribution is 2.32. The number of aliphatic hydroxyl groups excluding tert-OH is 2. The van der Waals surface area contributed by atoms with Gasteiger partial charge in [-0.1, -0.05) is 6.07 Å². The van der Waals surface area contributed by atoms with Gasteiger partial charge in [0.05, 0.1) is 58.2 Å². The predicted molar refractivity (Wildman–Crippen MR) is 153 cm³/mol. The van der Waals surface area contributed by atoms with Crippen LogP contribution in [-0.2, 0) is 13.7 Å². The van der Waals surface area contributed by atoms with E-state index < -0.39 is 0 Å². The number of fused-ring (bicyclic) bond motifs is 3. The first-order chi connectivity index (χ1) is 18.9. The normalized spacial score (nSPS) is 15.5. The van der Waals surface area contributed by atoms with E-state index in [-0.39, 0.29) is 18.4 Å². The van der Waals surface area contributed by atoms with Crippen LogP contribution in [0.25, 0.3) is 38.8 Å². The van der Waals surface area contributed by atoms with Crippen molar-refractivity contribution in [1.82, 2.24) is 24.1 Å². The lowest BCUT2D eigenvalue weighted by atomic mass is 10.0. The number of pyridine rings is 3. The lowest BCUT2D eigenvalue weighted by Gasteiger charge is -2.18. The number of rotatable bonds is 6. The van der Waals surface area contributed by atoms with Gasteiger partial charge in [-0.15, -0.1) is 0 Å². The number of aliphatic hydroxyl groups is 2. The van der Waals surface area contributed by atoms with Crippen LogP contribution in [0.4, 0.5) is 11.5 Å². The minimum Gasteiger partial charge on any atom is -0.391 e. The van der Waals surface area contributed by atoms with Crippen molar-refractivity contribution in [1.29, 1.82) is 0 Å². The van der Waals surface area contributed by atoms with E-state index in [0.717, 1.165) is 63.2 Å². The van der Waals surface area contributed by atoms with Crippen LogP contribution in [0.15, 0.2) is 53.6 Å². The topological polar surface area (TPSA) is 121 Å². The number of hydrogen-bond donors (Lipinski definition) is 3. The van der Waals surface area contributed by atoms with Gasteiger partial charge in [0.15, 0.2) is 0 Å². The van der Waals surface area contributed by atoms with Crippen molar-refractivity contribution < 1.29 is 10.2 Å². The van der Waals surface area contributed by atoms with Crippen LogP contribution in [0.5, 0.6) is 0 Å². The molecule has 1 atom stereocenters. The summed E-state index contributed by atoms with van der Waals surface area (Å²) < 4.78 is 3.32. The molecule has 39 heavy (non-hydrogen) atoms. The number of β-amino-alcohol motifs (C(OH)–C–C–N with tert-alkyl or cyclic N) is 1. The smallest absolute Gasteiger partial charge is 0.333 e. The molecule has 0 amide bonds. The Morgan fingerprint density at radius 1 is 1.10 bits per heavy atom. The summed E-state index contributed by atoms with van der Waals surface area (Å²) in [7, 11) is 1.75. The zero-order valence-electron chi connectivity index (χ0n) is 22.2. The molecule has 1 aliphatic heterocycles. The third-order valence-corrected chi connectivity index (χ3v) is 7.48. The standard InChI is InChI=1S/C29H31N7O3/c1-4-30-23-12-19(13-31-24(23)16-37)18-5-6-22-21(11-18)28-26(14-32-22)34(3)29(39)36(28)25-7-8-27(33-17(25)2)35-10-9-20(38)15-35/h5-8,11-14,20,30,37-38H,4,9-10,15-16H2,1-3H3/t20-/m0/s1. The second-order valence-corrected chi connectivity index (χ2v) is 9.97. The molecule has 6 rings (SSSR count). The molecule has 0 unspecified atom stereocenters. The first-order valence-corrected chi connectivity index (χ1v) is 13.1. The zero-order valence-corrected chi connectivity index (χ0v) is 22.2. The second kappa shape index (κ2) is 9.79. The fraction of sp³-hybridized carbons (Fsp3) is 0.310. The molecular formula is C29H31N7O3.